The Hall–Kier alpha value is -3.09. The van der Waals surface area contributed by atoms with Crippen molar-refractivity contribution in [2.24, 2.45) is 0 Å². The van der Waals surface area contributed by atoms with Crippen LogP contribution in [0.5, 0.6) is 0 Å². The average Bonchev–Trinajstić information content (AvgIpc) is 2.99. The predicted octanol–water partition coefficient (Wildman–Crippen LogP) is 4.99. The van der Waals surface area contributed by atoms with Crippen LogP contribution in [0.15, 0.2) is 66.4 Å². The van der Waals surface area contributed by atoms with Crippen LogP contribution in [0.4, 0.5) is 10.5 Å². The summed E-state index contributed by atoms with van der Waals surface area (Å²) in [6, 6.07) is 9.55. The van der Waals surface area contributed by atoms with E-state index in [4.69, 9.17) is 28.3 Å². The van der Waals surface area contributed by atoms with Crippen LogP contribution in [0.25, 0.3) is 0 Å². The monoisotopic (exact) mass is 428 g/mol. The molecule has 2 aromatic carbocycles. The lowest BCUT2D eigenvalue weighted by molar-refractivity contribution is 0.0696. The Balaban J connectivity index is 1.77. The molecule has 29 heavy (non-hydrogen) atoms. The molecule has 1 saturated heterocycles. The van der Waals surface area contributed by atoms with Crippen LogP contribution in [0.2, 0.25) is 10.0 Å². The van der Waals surface area contributed by atoms with Gasteiger partial charge in [0.25, 0.3) is 5.91 Å². The van der Waals surface area contributed by atoms with Crippen LogP contribution in [0, 0.1) is 0 Å². The summed E-state index contributed by atoms with van der Waals surface area (Å²) >= 11 is 12.4. The lowest BCUT2D eigenvalue weighted by Gasteiger charge is -2.22. The van der Waals surface area contributed by atoms with Gasteiger partial charge in [-0.25, -0.2) is 14.5 Å². The molecule has 2 aliphatic rings. The maximum absolute atomic E-state index is 13.3. The van der Waals surface area contributed by atoms with Gasteiger partial charge in [0.05, 0.1) is 38.6 Å². The van der Waals surface area contributed by atoms with Crippen LogP contribution in [-0.4, -0.2) is 34.0 Å². The number of allylic oxidation sites excluding steroid dienone is 2. The fourth-order valence-corrected chi connectivity index (χ4v) is 4.04. The number of hydrogen-bond donors (Lipinski definition) is 1. The van der Waals surface area contributed by atoms with Crippen molar-refractivity contribution in [3.63, 3.8) is 0 Å². The third-order valence-corrected chi connectivity index (χ3v) is 5.47. The second-order valence-corrected chi connectivity index (χ2v) is 7.33. The molecule has 0 radical (unpaired) electrons. The van der Waals surface area contributed by atoms with Crippen molar-refractivity contribution in [1.82, 2.24) is 4.90 Å². The summed E-state index contributed by atoms with van der Waals surface area (Å²) in [5.41, 5.74) is 1.26. The Morgan fingerprint density at radius 3 is 2.31 bits per heavy atom. The van der Waals surface area contributed by atoms with Crippen molar-refractivity contribution < 1.29 is 19.5 Å². The molecule has 1 heterocycles. The van der Waals surface area contributed by atoms with E-state index in [1.165, 1.54) is 29.2 Å². The van der Waals surface area contributed by atoms with Crippen LogP contribution < -0.4 is 4.90 Å². The molecular formula is C21H14Cl2N2O4. The minimum atomic E-state index is -1.06. The molecule has 146 valence electrons. The van der Waals surface area contributed by atoms with Crippen LogP contribution in [-0.2, 0) is 0 Å². The minimum Gasteiger partial charge on any atom is -0.478 e. The molecule has 3 amide bonds. The van der Waals surface area contributed by atoms with E-state index in [1.54, 1.807) is 24.3 Å². The van der Waals surface area contributed by atoms with E-state index in [-0.39, 0.29) is 21.2 Å². The van der Waals surface area contributed by atoms with Gasteiger partial charge in [-0.1, -0.05) is 41.4 Å². The van der Waals surface area contributed by atoms with E-state index in [0.717, 1.165) is 4.90 Å². The van der Waals surface area contributed by atoms with Gasteiger partial charge in [0, 0.05) is 0 Å². The van der Waals surface area contributed by atoms with E-state index in [9.17, 15) is 14.4 Å². The second kappa shape index (κ2) is 7.39. The number of rotatable bonds is 3. The molecule has 4 rings (SSSR count). The first kappa shape index (κ1) is 19.2. The molecule has 0 saturated carbocycles. The maximum atomic E-state index is 13.3. The van der Waals surface area contributed by atoms with Crippen molar-refractivity contribution in [3.05, 3.63) is 87.6 Å². The zero-order valence-corrected chi connectivity index (χ0v) is 16.4. The fourth-order valence-electron chi connectivity index (χ4n) is 3.48. The Kier molecular flexibility index (Phi) is 4.90. The fraction of sp³-hybridized carbons (Fsp3) is 0.0952. The van der Waals surface area contributed by atoms with Gasteiger partial charge in [-0.3, -0.25) is 9.69 Å². The number of urea groups is 1. The first-order chi connectivity index (χ1) is 13.9. The number of aromatic carboxylic acids is 1. The zero-order chi connectivity index (χ0) is 20.7. The Morgan fingerprint density at radius 1 is 1.03 bits per heavy atom. The lowest BCUT2D eigenvalue weighted by atomic mass is 10.0. The quantitative estimate of drug-likeness (QED) is 0.746. The van der Waals surface area contributed by atoms with E-state index >= 15 is 0 Å². The van der Waals surface area contributed by atoms with Gasteiger partial charge in [-0.05, 0) is 48.9 Å². The van der Waals surface area contributed by atoms with Gasteiger partial charge in [0.15, 0.2) is 0 Å². The highest BCUT2D eigenvalue weighted by Crippen LogP contribution is 2.38. The number of hydrogen-bond acceptors (Lipinski definition) is 3. The highest BCUT2D eigenvalue weighted by Gasteiger charge is 2.46. The molecule has 1 aliphatic carbocycles. The zero-order valence-electron chi connectivity index (χ0n) is 14.9. The number of halogens is 2. The third-order valence-electron chi connectivity index (χ3n) is 4.84. The van der Waals surface area contributed by atoms with Gasteiger partial charge in [-0.2, -0.15) is 0 Å². The summed E-state index contributed by atoms with van der Waals surface area (Å²) in [6.45, 7) is 0. The predicted molar refractivity (Wildman–Crippen MR) is 110 cm³/mol. The lowest BCUT2D eigenvalue weighted by Crippen LogP contribution is -2.40. The van der Waals surface area contributed by atoms with E-state index < -0.39 is 23.9 Å². The molecule has 1 aliphatic heterocycles. The molecule has 1 atom stereocenters. The van der Waals surface area contributed by atoms with Crippen molar-refractivity contribution in [1.29, 1.82) is 0 Å². The number of benzene rings is 2. The molecule has 6 nitrogen and oxygen atoms in total. The van der Waals surface area contributed by atoms with Gasteiger partial charge >= 0.3 is 12.0 Å². The maximum Gasteiger partial charge on any atom is 0.336 e. The molecule has 2 aromatic rings. The number of carboxylic acids is 1. The number of imide groups is 1. The number of nitrogens with zero attached hydrogens (tertiary/aromatic N) is 2. The van der Waals surface area contributed by atoms with Crippen molar-refractivity contribution in [3.8, 4) is 0 Å². The van der Waals surface area contributed by atoms with E-state index in [2.05, 4.69) is 0 Å². The molecule has 0 spiro atoms. The normalized spacial score (nSPS) is 17.9. The second-order valence-electron chi connectivity index (χ2n) is 6.51. The average molecular weight is 429 g/mol. The first-order valence-electron chi connectivity index (χ1n) is 8.72. The summed E-state index contributed by atoms with van der Waals surface area (Å²) in [7, 11) is 0. The van der Waals surface area contributed by atoms with E-state index in [1.807, 2.05) is 12.2 Å². The van der Waals surface area contributed by atoms with Crippen LogP contribution in [0.3, 0.4) is 0 Å². The Morgan fingerprint density at radius 2 is 1.69 bits per heavy atom. The SMILES string of the molecule is O=C(O)c1ccc(N2C(=O)N(C(=O)c3c(Cl)cccc3Cl)C3CC=CC=C32)cc1. The summed E-state index contributed by atoms with van der Waals surface area (Å²) in [4.78, 5) is 40.2. The molecule has 1 fully saturated rings. The highest BCUT2D eigenvalue weighted by atomic mass is 35.5. The van der Waals surface area contributed by atoms with Crippen molar-refractivity contribution in [2.75, 3.05) is 4.90 Å². The summed E-state index contributed by atoms with van der Waals surface area (Å²) in [6.07, 6.45) is 5.90. The molecule has 8 heteroatoms. The summed E-state index contributed by atoms with van der Waals surface area (Å²) < 4.78 is 0. The highest BCUT2D eigenvalue weighted by molar-refractivity contribution is 6.40. The number of amides is 3. The smallest absolute Gasteiger partial charge is 0.336 e. The van der Waals surface area contributed by atoms with E-state index in [0.29, 0.717) is 17.8 Å². The summed E-state index contributed by atoms with van der Waals surface area (Å²) in [5.74, 6) is -1.64. The van der Waals surface area contributed by atoms with Crippen LogP contribution in [0.1, 0.15) is 27.1 Å². The molecular weight excluding hydrogens is 415 g/mol. The van der Waals surface area contributed by atoms with Gasteiger partial charge in [0.1, 0.15) is 0 Å². The Labute approximate surface area is 176 Å². The Bertz CT molecular complexity index is 1070. The largest absolute Gasteiger partial charge is 0.478 e. The van der Waals surface area contributed by atoms with Gasteiger partial charge < -0.3 is 5.11 Å². The van der Waals surface area contributed by atoms with Gasteiger partial charge in [0.2, 0.25) is 0 Å². The number of carboxylic acid groups (broad SMARTS) is 1. The van der Waals surface area contributed by atoms with Gasteiger partial charge in [-0.15, -0.1) is 0 Å². The number of anilines is 1. The first-order valence-corrected chi connectivity index (χ1v) is 9.47. The number of fused-ring (bicyclic) bond motifs is 1. The standard InChI is InChI=1S/C21H14Cl2N2O4/c22-14-4-3-5-15(23)18(14)19(26)25-17-7-2-1-6-16(17)24(21(25)29)13-10-8-12(9-11-13)20(27)28/h1-6,8-11,17H,7H2,(H,27,28). The third kappa shape index (κ3) is 3.20. The molecule has 0 bridgehead atoms. The minimum absolute atomic E-state index is 0.0705. The topological polar surface area (TPSA) is 77.9 Å². The molecule has 0 aromatic heterocycles. The molecule has 1 N–H and O–H groups in total. The number of carbonyl (C=O) groups is 3. The molecule has 1 unspecified atom stereocenters. The van der Waals surface area contributed by atoms with Crippen molar-refractivity contribution in [2.45, 2.75) is 12.5 Å². The summed E-state index contributed by atoms with van der Waals surface area (Å²) in [5, 5.41) is 9.42. The van der Waals surface area contributed by atoms with Crippen molar-refractivity contribution >= 4 is 46.8 Å². The van der Waals surface area contributed by atoms with Crippen LogP contribution >= 0.6 is 23.2 Å². The number of carbonyl (C=O) groups excluding carboxylic acids is 2.